The van der Waals surface area contributed by atoms with Gasteiger partial charge >= 0.3 is 0 Å². The quantitative estimate of drug-likeness (QED) is 0.512. The molecule has 0 radical (unpaired) electrons. The SMILES string of the molecule is COc1cccc(OCC(O)CNC(=O)CCC2(Cc3ccccc3)CCC(=O)N2)c1. The predicted molar refractivity (Wildman–Crippen MR) is 117 cm³/mol. The summed E-state index contributed by atoms with van der Waals surface area (Å²) >= 11 is 0. The zero-order valence-electron chi connectivity index (χ0n) is 17.8. The maximum atomic E-state index is 12.3. The number of methoxy groups -OCH3 is 1. The van der Waals surface area contributed by atoms with Crippen molar-refractivity contribution in [1.82, 2.24) is 10.6 Å². The van der Waals surface area contributed by atoms with Crippen molar-refractivity contribution >= 4 is 11.8 Å². The standard InChI is InChI=1S/C24H30N2O5/c1-30-20-8-5-9-21(14-20)31-17-19(27)16-25-22(28)10-12-24(13-11-23(29)26-24)15-18-6-3-2-4-7-18/h2-9,14,19,27H,10-13,15-17H2,1H3,(H,25,28)(H,26,29). The van der Waals surface area contributed by atoms with Gasteiger partial charge in [-0.15, -0.1) is 0 Å². The molecule has 0 bridgehead atoms. The number of hydrogen-bond acceptors (Lipinski definition) is 5. The first kappa shape index (κ1) is 22.6. The molecule has 2 amide bonds. The summed E-state index contributed by atoms with van der Waals surface area (Å²) in [4.78, 5) is 24.2. The molecule has 2 aromatic carbocycles. The summed E-state index contributed by atoms with van der Waals surface area (Å²) in [5.74, 6) is 1.13. The molecule has 2 atom stereocenters. The van der Waals surface area contributed by atoms with Crippen LogP contribution in [-0.2, 0) is 16.0 Å². The van der Waals surface area contributed by atoms with E-state index < -0.39 is 11.6 Å². The fraction of sp³-hybridized carbons (Fsp3) is 0.417. The van der Waals surface area contributed by atoms with Gasteiger partial charge in [-0.25, -0.2) is 0 Å². The van der Waals surface area contributed by atoms with Crippen molar-refractivity contribution in [2.24, 2.45) is 0 Å². The number of hydrogen-bond donors (Lipinski definition) is 3. The van der Waals surface area contributed by atoms with Gasteiger partial charge in [-0.1, -0.05) is 36.4 Å². The van der Waals surface area contributed by atoms with Crippen LogP contribution in [0.15, 0.2) is 54.6 Å². The first-order valence-electron chi connectivity index (χ1n) is 10.5. The van der Waals surface area contributed by atoms with Gasteiger partial charge in [0.15, 0.2) is 0 Å². The number of aliphatic hydroxyl groups is 1. The van der Waals surface area contributed by atoms with E-state index in [-0.39, 0.29) is 31.4 Å². The van der Waals surface area contributed by atoms with Crippen LogP contribution >= 0.6 is 0 Å². The maximum Gasteiger partial charge on any atom is 0.220 e. The molecule has 0 saturated carbocycles. The highest BCUT2D eigenvalue weighted by molar-refractivity contribution is 5.80. The van der Waals surface area contributed by atoms with Gasteiger partial charge in [0.2, 0.25) is 11.8 Å². The first-order chi connectivity index (χ1) is 15.0. The Bertz CT molecular complexity index is 873. The molecule has 2 aromatic rings. The van der Waals surface area contributed by atoms with Crippen molar-refractivity contribution in [3.63, 3.8) is 0 Å². The summed E-state index contributed by atoms with van der Waals surface area (Å²) in [6, 6.07) is 17.1. The smallest absolute Gasteiger partial charge is 0.220 e. The Morgan fingerprint density at radius 3 is 2.68 bits per heavy atom. The minimum Gasteiger partial charge on any atom is -0.497 e. The van der Waals surface area contributed by atoms with E-state index in [1.807, 2.05) is 30.3 Å². The van der Waals surface area contributed by atoms with Crippen LogP contribution in [0.5, 0.6) is 11.5 Å². The Morgan fingerprint density at radius 2 is 1.97 bits per heavy atom. The second-order valence-electron chi connectivity index (χ2n) is 7.94. The Labute approximate surface area is 182 Å². The fourth-order valence-electron chi connectivity index (χ4n) is 3.78. The Hall–Kier alpha value is -3.06. The first-order valence-corrected chi connectivity index (χ1v) is 10.5. The van der Waals surface area contributed by atoms with E-state index in [2.05, 4.69) is 10.6 Å². The lowest BCUT2D eigenvalue weighted by molar-refractivity contribution is -0.123. The lowest BCUT2D eigenvalue weighted by Gasteiger charge is -2.29. The molecule has 3 rings (SSSR count). The van der Waals surface area contributed by atoms with Gasteiger partial charge in [-0.05, 0) is 37.0 Å². The van der Waals surface area contributed by atoms with E-state index in [4.69, 9.17) is 9.47 Å². The highest BCUT2D eigenvalue weighted by atomic mass is 16.5. The molecule has 0 spiro atoms. The third-order valence-electron chi connectivity index (χ3n) is 5.47. The average Bonchev–Trinajstić information content (AvgIpc) is 3.16. The van der Waals surface area contributed by atoms with E-state index in [1.165, 1.54) is 0 Å². The molecule has 7 heteroatoms. The average molecular weight is 427 g/mol. The Kier molecular flexibility index (Phi) is 7.89. The monoisotopic (exact) mass is 426 g/mol. The predicted octanol–water partition coefficient (Wildman–Crippen LogP) is 2.22. The normalized spacial score (nSPS) is 18.8. The van der Waals surface area contributed by atoms with Crippen LogP contribution in [0.4, 0.5) is 0 Å². The van der Waals surface area contributed by atoms with Crippen LogP contribution in [0, 0.1) is 0 Å². The molecule has 3 N–H and O–H groups in total. The highest BCUT2D eigenvalue weighted by Gasteiger charge is 2.37. The zero-order valence-corrected chi connectivity index (χ0v) is 17.8. The van der Waals surface area contributed by atoms with Crippen LogP contribution in [0.3, 0.4) is 0 Å². The van der Waals surface area contributed by atoms with Crippen molar-refractivity contribution in [2.75, 3.05) is 20.3 Å². The van der Waals surface area contributed by atoms with Crippen LogP contribution in [0.25, 0.3) is 0 Å². The molecule has 1 aliphatic heterocycles. The number of rotatable bonds is 11. The third-order valence-corrected chi connectivity index (χ3v) is 5.47. The van der Waals surface area contributed by atoms with Gasteiger partial charge < -0.3 is 25.2 Å². The van der Waals surface area contributed by atoms with Gasteiger partial charge in [-0.3, -0.25) is 9.59 Å². The van der Waals surface area contributed by atoms with E-state index in [1.54, 1.807) is 31.4 Å². The largest absolute Gasteiger partial charge is 0.497 e. The van der Waals surface area contributed by atoms with Gasteiger partial charge in [0, 0.05) is 31.0 Å². The number of benzene rings is 2. The number of ether oxygens (including phenoxy) is 2. The van der Waals surface area contributed by atoms with Crippen LogP contribution in [0.2, 0.25) is 0 Å². The molecular weight excluding hydrogens is 396 g/mol. The molecule has 0 aromatic heterocycles. The summed E-state index contributed by atoms with van der Waals surface area (Å²) in [5, 5.41) is 16.0. The van der Waals surface area contributed by atoms with Crippen molar-refractivity contribution in [3.8, 4) is 11.5 Å². The van der Waals surface area contributed by atoms with Gasteiger partial charge in [-0.2, -0.15) is 0 Å². The van der Waals surface area contributed by atoms with Gasteiger partial charge in [0.1, 0.15) is 24.2 Å². The van der Waals surface area contributed by atoms with E-state index in [0.29, 0.717) is 37.2 Å². The van der Waals surface area contributed by atoms with Crippen molar-refractivity contribution in [1.29, 1.82) is 0 Å². The molecule has 0 aliphatic carbocycles. The van der Waals surface area contributed by atoms with Gasteiger partial charge in [0.25, 0.3) is 0 Å². The Morgan fingerprint density at radius 1 is 1.19 bits per heavy atom. The second-order valence-corrected chi connectivity index (χ2v) is 7.94. The minimum absolute atomic E-state index is 0.0291. The van der Waals surface area contributed by atoms with Crippen LogP contribution < -0.4 is 20.1 Å². The molecule has 1 fully saturated rings. The van der Waals surface area contributed by atoms with Crippen molar-refractivity contribution in [2.45, 2.75) is 43.7 Å². The molecule has 1 aliphatic rings. The lowest BCUT2D eigenvalue weighted by atomic mass is 9.85. The van der Waals surface area contributed by atoms with E-state index >= 15 is 0 Å². The summed E-state index contributed by atoms with van der Waals surface area (Å²) < 4.78 is 10.7. The van der Waals surface area contributed by atoms with Crippen LogP contribution in [-0.4, -0.2) is 48.8 Å². The van der Waals surface area contributed by atoms with Crippen molar-refractivity contribution < 1.29 is 24.2 Å². The summed E-state index contributed by atoms with van der Waals surface area (Å²) in [5.41, 5.74) is 0.736. The van der Waals surface area contributed by atoms with Gasteiger partial charge in [0.05, 0.1) is 7.11 Å². The highest BCUT2D eigenvalue weighted by Crippen LogP contribution is 2.29. The number of carbonyl (C=O) groups excluding carboxylic acids is 2. The molecule has 7 nitrogen and oxygen atoms in total. The number of aliphatic hydroxyl groups excluding tert-OH is 1. The summed E-state index contributed by atoms with van der Waals surface area (Å²) in [6.07, 6.45) is 1.88. The van der Waals surface area contributed by atoms with E-state index in [0.717, 1.165) is 5.56 Å². The molecule has 1 heterocycles. The summed E-state index contributed by atoms with van der Waals surface area (Å²) in [7, 11) is 1.57. The minimum atomic E-state index is -0.834. The zero-order chi connectivity index (χ0) is 22.1. The number of nitrogens with one attached hydrogen (secondary N) is 2. The number of amides is 2. The molecule has 1 saturated heterocycles. The third kappa shape index (κ3) is 7.00. The fourth-order valence-corrected chi connectivity index (χ4v) is 3.78. The molecule has 2 unspecified atom stereocenters. The molecule has 31 heavy (non-hydrogen) atoms. The topological polar surface area (TPSA) is 96.9 Å². The maximum absolute atomic E-state index is 12.3. The summed E-state index contributed by atoms with van der Waals surface area (Å²) in [6.45, 7) is 0.155. The molecular formula is C24H30N2O5. The lowest BCUT2D eigenvalue weighted by Crippen LogP contribution is -2.45. The Balaban J connectivity index is 1.43. The van der Waals surface area contributed by atoms with E-state index in [9.17, 15) is 14.7 Å². The van der Waals surface area contributed by atoms with Crippen LogP contribution in [0.1, 0.15) is 31.2 Å². The second kappa shape index (κ2) is 10.8. The molecule has 166 valence electrons. The number of carbonyl (C=O) groups is 2. The van der Waals surface area contributed by atoms with Crippen molar-refractivity contribution in [3.05, 3.63) is 60.2 Å².